The number of anilines is 1. The number of carbonyl (C=O) groups excluding carboxylic acids is 2. The van der Waals surface area contributed by atoms with Crippen molar-refractivity contribution >= 4 is 17.6 Å². The molecule has 2 aliphatic heterocycles. The molecule has 4 heterocycles. The number of nitrogens with zero attached hydrogens (tertiary/aromatic N) is 5. The summed E-state index contributed by atoms with van der Waals surface area (Å²) in [7, 11) is 1.78. The molecule has 0 radical (unpaired) electrons. The molecule has 0 bridgehead atoms. The van der Waals surface area contributed by atoms with E-state index in [1.165, 1.54) is 0 Å². The Balaban J connectivity index is 1.47. The van der Waals surface area contributed by atoms with E-state index in [2.05, 4.69) is 20.5 Å². The number of piperidine rings is 2. The van der Waals surface area contributed by atoms with Gasteiger partial charge in [0, 0.05) is 50.8 Å². The first kappa shape index (κ1) is 21.3. The van der Waals surface area contributed by atoms with Crippen molar-refractivity contribution in [3.8, 4) is 0 Å². The minimum atomic E-state index is -0.213. The normalized spacial score (nSPS) is 20.0. The molecule has 2 amide bonds. The number of carbonyl (C=O) groups is 2. The Morgan fingerprint density at radius 2 is 1.90 bits per heavy atom. The van der Waals surface area contributed by atoms with Crippen molar-refractivity contribution in [2.24, 2.45) is 0 Å². The number of hydrogen-bond donors (Lipinski definition) is 1. The maximum absolute atomic E-state index is 13.2. The summed E-state index contributed by atoms with van der Waals surface area (Å²) < 4.78 is 6.10. The van der Waals surface area contributed by atoms with E-state index in [9.17, 15) is 9.59 Å². The fourth-order valence-electron chi connectivity index (χ4n) is 4.44. The Morgan fingerprint density at radius 3 is 2.65 bits per heavy atom. The van der Waals surface area contributed by atoms with Crippen LogP contribution < -0.4 is 5.32 Å². The van der Waals surface area contributed by atoms with Crippen LogP contribution in [0.5, 0.6) is 0 Å². The second-order valence-corrected chi connectivity index (χ2v) is 8.18. The molecule has 2 saturated heterocycles. The Hall–Kier alpha value is -2.97. The SMILES string of the molecule is CCC(=O)N1CCC(c2nnc([C@H]3CCCCN3C(=O)c3ccnc(NC)c3)o2)CC1. The van der Waals surface area contributed by atoms with Crippen LogP contribution in [0.15, 0.2) is 22.7 Å². The van der Waals surface area contributed by atoms with Crippen molar-refractivity contribution in [3.63, 3.8) is 0 Å². The van der Waals surface area contributed by atoms with Crippen LogP contribution >= 0.6 is 0 Å². The highest BCUT2D eigenvalue weighted by molar-refractivity contribution is 5.95. The lowest BCUT2D eigenvalue weighted by atomic mass is 9.96. The first-order chi connectivity index (χ1) is 15.1. The van der Waals surface area contributed by atoms with Crippen LogP contribution in [-0.2, 0) is 4.79 Å². The molecule has 9 nitrogen and oxygen atoms in total. The van der Waals surface area contributed by atoms with E-state index in [4.69, 9.17) is 4.42 Å². The molecule has 31 heavy (non-hydrogen) atoms. The van der Waals surface area contributed by atoms with Gasteiger partial charge in [-0.25, -0.2) is 4.98 Å². The summed E-state index contributed by atoms with van der Waals surface area (Å²) in [6.45, 7) is 4.00. The number of likely N-dealkylation sites (tertiary alicyclic amines) is 2. The molecule has 2 aliphatic rings. The van der Waals surface area contributed by atoms with E-state index in [1.54, 1.807) is 25.4 Å². The number of amides is 2. The highest BCUT2D eigenvalue weighted by Crippen LogP contribution is 2.34. The van der Waals surface area contributed by atoms with Crippen LogP contribution in [0.25, 0.3) is 0 Å². The first-order valence-corrected chi connectivity index (χ1v) is 11.2. The molecule has 0 saturated carbocycles. The molecular formula is C22H30N6O3. The lowest BCUT2D eigenvalue weighted by Crippen LogP contribution is -2.38. The topological polar surface area (TPSA) is 104 Å². The van der Waals surface area contributed by atoms with Gasteiger partial charge < -0.3 is 19.5 Å². The molecule has 0 aromatic carbocycles. The summed E-state index contributed by atoms with van der Waals surface area (Å²) in [6, 6.07) is 3.29. The Kier molecular flexibility index (Phi) is 6.48. The van der Waals surface area contributed by atoms with Crippen molar-refractivity contribution in [3.05, 3.63) is 35.7 Å². The summed E-state index contributed by atoms with van der Waals surface area (Å²) in [5.41, 5.74) is 0.596. The van der Waals surface area contributed by atoms with Crippen LogP contribution in [0.3, 0.4) is 0 Å². The van der Waals surface area contributed by atoms with Gasteiger partial charge in [0.25, 0.3) is 5.91 Å². The van der Waals surface area contributed by atoms with Gasteiger partial charge in [0.1, 0.15) is 11.9 Å². The van der Waals surface area contributed by atoms with Gasteiger partial charge in [-0.05, 0) is 44.2 Å². The average molecular weight is 427 g/mol. The Morgan fingerprint density at radius 1 is 1.13 bits per heavy atom. The zero-order chi connectivity index (χ0) is 21.8. The molecule has 0 unspecified atom stereocenters. The first-order valence-electron chi connectivity index (χ1n) is 11.2. The molecule has 9 heteroatoms. The van der Waals surface area contributed by atoms with Crippen LogP contribution in [0.1, 0.15) is 79.5 Å². The summed E-state index contributed by atoms with van der Waals surface area (Å²) in [4.78, 5) is 33.1. The van der Waals surface area contributed by atoms with Crippen molar-refractivity contribution in [2.45, 2.75) is 57.4 Å². The fourth-order valence-corrected chi connectivity index (χ4v) is 4.44. The van der Waals surface area contributed by atoms with Gasteiger partial charge in [0.05, 0.1) is 0 Å². The van der Waals surface area contributed by atoms with Crippen LogP contribution in [0, 0.1) is 0 Å². The standard InChI is InChI=1S/C22H30N6O3/c1-3-19(29)27-12-8-15(9-13-27)20-25-26-21(31-20)17-6-4-5-11-28(17)22(30)16-7-10-24-18(14-16)23-2/h7,10,14-15,17H,3-6,8-9,11-13H2,1-2H3,(H,23,24)/t17-/m1/s1. The van der Waals surface area contributed by atoms with Crippen molar-refractivity contribution in [1.29, 1.82) is 0 Å². The number of pyridine rings is 1. The smallest absolute Gasteiger partial charge is 0.254 e. The van der Waals surface area contributed by atoms with Gasteiger partial charge in [-0.2, -0.15) is 0 Å². The van der Waals surface area contributed by atoms with E-state index in [-0.39, 0.29) is 23.8 Å². The largest absolute Gasteiger partial charge is 0.423 e. The third-order valence-electron chi connectivity index (χ3n) is 6.27. The summed E-state index contributed by atoms with van der Waals surface area (Å²) >= 11 is 0. The third kappa shape index (κ3) is 4.55. The summed E-state index contributed by atoms with van der Waals surface area (Å²) in [5, 5.41) is 11.6. The van der Waals surface area contributed by atoms with Gasteiger partial charge in [-0.1, -0.05) is 6.92 Å². The van der Waals surface area contributed by atoms with Gasteiger partial charge >= 0.3 is 0 Å². The van der Waals surface area contributed by atoms with E-state index >= 15 is 0 Å². The molecule has 1 N–H and O–H groups in total. The van der Waals surface area contributed by atoms with E-state index in [0.29, 0.717) is 36.1 Å². The van der Waals surface area contributed by atoms with Gasteiger partial charge in [-0.3, -0.25) is 9.59 Å². The monoisotopic (exact) mass is 426 g/mol. The zero-order valence-electron chi connectivity index (χ0n) is 18.2. The van der Waals surface area contributed by atoms with Crippen molar-refractivity contribution in [2.75, 3.05) is 32.0 Å². The Bertz CT molecular complexity index is 921. The lowest BCUT2D eigenvalue weighted by molar-refractivity contribution is -0.131. The van der Waals surface area contributed by atoms with Crippen LogP contribution in [-0.4, -0.2) is 63.5 Å². The Labute approximate surface area is 182 Å². The molecule has 2 fully saturated rings. The minimum Gasteiger partial charge on any atom is -0.423 e. The van der Waals surface area contributed by atoms with Crippen LogP contribution in [0.4, 0.5) is 5.82 Å². The predicted octanol–water partition coefficient (Wildman–Crippen LogP) is 2.99. The molecule has 1 atom stereocenters. The number of nitrogens with one attached hydrogen (secondary N) is 1. The predicted molar refractivity (Wildman–Crippen MR) is 115 cm³/mol. The molecule has 0 spiro atoms. The second-order valence-electron chi connectivity index (χ2n) is 8.18. The van der Waals surface area contributed by atoms with Gasteiger partial charge in [-0.15, -0.1) is 10.2 Å². The number of aromatic nitrogens is 3. The minimum absolute atomic E-state index is 0.0465. The number of hydrogen-bond acceptors (Lipinski definition) is 7. The molecule has 2 aromatic heterocycles. The molecule has 166 valence electrons. The fraction of sp³-hybridized carbons (Fsp3) is 0.591. The summed E-state index contributed by atoms with van der Waals surface area (Å²) in [5.74, 6) is 2.10. The lowest BCUT2D eigenvalue weighted by Gasteiger charge is -2.33. The highest BCUT2D eigenvalue weighted by Gasteiger charge is 2.34. The van der Waals surface area contributed by atoms with E-state index < -0.39 is 0 Å². The summed E-state index contributed by atoms with van der Waals surface area (Å²) in [6.07, 6.45) is 6.60. The maximum atomic E-state index is 13.2. The molecular weight excluding hydrogens is 396 g/mol. The highest BCUT2D eigenvalue weighted by atomic mass is 16.4. The van der Waals surface area contributed by atoms with Gasteiger partial charge in [0.2, 0.25) is 17.7 Å². The number of rotatable bonds is 5. The second kappa shape index (κ2) is 9.45. The molecule has 0 aliphatic carbocycles. The zero-order valence-corrected chi connectivity index (χ0v) is 18.2. The molecule has 4 rings (SSSR count). The average Bonchev–Trinajstić information content (AvgIpc) is 3.33. The van der Waals surface area contributed by atoms with E-state index in [0.717, 1.165) is 45.2 Å². The maximum Gasteiger partial charge on any atom is 0.254 e. The molecule has 2 aromatic rings. The van der Waals surface area contributed by atoms with E-state index in [1.807, 2.05) is 16.7 Å². The van der Waals surface area contributed by atoms with Crippen LogP contribution in [0.2, 0.25) is 0 Å². The van der Waals surface area contributed by atoms with Crippen molar-refractivity contribution < 1.29 is 14.0 Å². The third-order valence-corrected chi connectivity index (χ3v) is 6.27. The quantitative estimate of drug-likeness (QED) is 0.784. The van der Waals surface area contributed by atoms with Gasteiger partial charge in [0.15, 0.2) is 0 Å². The van der Waals surface area contributed by atoms with Crippen molar-refractivity contribution in [1.82, 2.24) is 25.0 Å².